The van der Waals surface area contributed by atoms with Crippen molar-refractivity contribution < 1.29 is 39.3 Å². The minimum Gasteiger partial charge on any atom is -0.462 e. The van der Waals surface area contributed by atoms with E-state index in [1.165, 1.54) is 20.3 Å². The number of aliphatic hydroxyl groups is 2. The first-order valence-corrected chi connectivity index (χ1v) is 15.9. The van der Waals surface area contributed by atoms with Crippen LogP contribution in [0, 0.1) is 29.6 Å². The fourth-order valence-electron chi connectivity index (χ4n) is 8.02. The van der Waals surface area contributed by atoms with Crippen molar-refractivity contribution >= 4 is 11.9 Å². The van der Waals surface area contributed by atoms with Gasteiger partial charge in [0.05, 0.1) is 18.8 Å². The van der Waals surface area contributed by atoms with E-state index in [0.717, 1.165) is 70.8 Å². The summed E-state index contributed by atoms with van der Waals surface area (Å²) in [6.07, 6.45) is 11.5. The zero-order chi connectivity index (χ0) is 29.1. The number of piperidine rings is 1. The number of aliphatic hydroxyl groups excluding tert-OH is 2. The van der Waals surface area contributed by atoms with E-state index >= 15 is 0 Å². The van der Waals surface area contributed by atoms with Crippen LogP contribution in [-0.2, 0) is 23.8 Å². The van der Waals surface area contributed by atoms with E-state index in [0.29, 0.717) is 42.9 Å². The van der Waals surface area contributed by atoms with Crippen molar-refractivity contribution in [2.75, 3.05) is 20.3 Å². The minimum absolute atomic E-state index is 0.105. The number of nitrogens with two attached hydrogens (primary N) is 2. The van der Waals surface area contributed by atoms with Crippen LogP contribution in [0.25, 0.3) is 0 Å². The first kappa shape index (κ1) is 33.2. The minimum atomic E-state index is -0.475. The van der Waals surface area contributed by atoms with Gasteiger partial charge < -0.3 is 29.7 Å². The predicted octanol–water partition coefficient (Wildman–Crippen LogP) is 2.65. The van der Waals surface area contributed by atoms with Crippen molar-refractivity contribution in [2.45, 2.75) is 134 Å². The molecule has 40 heavy (non-hydrogen) atoms. The van der Waals surface area contributed by atoms with Crippen molar-refractivity contribution in [3.8, 4) is 0 Å². The van der Waals surface area contributed by atoms with E-state index in [1.54, 1.807) is 7.11 Å². The number of hydrogen-bond donors (Lipinski definition) is 4. The molecule has 3 aliphatic rings. The van der Waals surface area contributed by atoms with Gasteiger partial charge in [0.15, 0.2) is 0 Å². The molecular formula is C31H57N2O7+. The molecule has 0 aromatic heterocycles. The molecule has 3 rings (SSSR count). The zero-order valence-corrected chi connectivity index (χ0v) is 25.2. The third-order valence-electron chi connectivity index (χ3n) is 9.96. The fourth-order valence-corrected chi connectivity index (χ4v) is 8.02. The van der Waals surface area contributed by atoms with Gasteiger partial charge in [-0.25, -0.2) is 0 Å². The van der Waals surface area contributed by atoms with E-state index in [9.17, 15) is 19.8 Å². The van der Waals surface area contributed by atoms with E-state index in [2.05, 4.69) is 5.32 Å². The van der Waals surface area contributed by atoms with Crippen LogP contribution in [0.3, 0.4) is 0 Å². The average molecular weight is 570 g/mol. The summed E-state index contributed by atoms with van der Waals surface area (Å²) < 4.78 is 17.5. The van der Waals surface area contributed by atoms with Crippen LogP contribution in [-0.4, -0.2) is 73.0 Å². The van der Waals surface area contributed by atoms with Crippen LogP contribution in [0.15, 0.2) is 0 Å². The van der Waals surface area contributed by atoms with Crippen LogP contribution in [0.2, 0.25) is 0 Å². The number of ether oxygens (including phenoxy) is 3. The maximum Gasteiger partial charge on any atom is 0.302 e. The molecular weight excluding hydrogens is 512 g/mol. The van der Waals surface area contributed by atoms with Crippen LogP contribution in [0.4, 0.5) is 0 Å². The lowest BCUT2D eigenvalue weighted by molar-refractivity contribution is -0.699. The molecule has 0 aromatic carbocycles. The number of methoxy groups -OCH3 is 1. The van der Waals surface area contributed by atoms with Crippen LogP contribution >= 0.6 is 0 Å². The molecule has 1 aliphatic heterocycles. The van der Waals surface area contributed by atoms with Crippen molar-refractivity contribution in [2.24, 2.45) is 35.3 Å². The average Bonchev–Trinajstić information content (AvgIpc) is 2.88. The molecule has 2 aliphatic carbocycles. The van der Waals surface area contributed by atoms with Crippen LogP contribution < -0.4 is 11.1 Å². The first-order valence-electron chi connectivity index (χ1n) is 15.9. The molecule has 1 saturated heterocycles. The van der Waals surface area contributed by atoms with Crippen molar-refractivity contribution in [3.05, 3.63) is 0 Å². The standard InChI is InChI=1S/C31H56N2O7/c1-20(35)39-26(18-29(40-21(2)36)25-8-6-4-5-7-22(15-25)12-14-34)10-9-23-16-30(38-3)28(37)19-27(23)24-11-13-33-31(32)17-24/h22-31,33-34,37H,4-19,32H2,1-3H3/p+1. The molecule has 0 bridgehead atoms. The normalized spacial score (nSPS) is 35.1. The molecule has 6 N–H and O–H groups in total. The maximum absolute atomic E-state index is 12.2. The van der Waals surface area contributed by atoms with Crippen molar-refractivity contribution in [1.29, 1.82) is 0 Å². The maximum atomic E-state index is 12.2. The van der Waals surface area contributed by atoms with Crippen LogP contribution in [0.1, 0.15) is 104 Å². The van der Waals surface area contributed by atoms with Crippen molar-refractivity contribution in [1.82, 2.24) is 0 Å². The highest BCUT2D eigenvalue weighted by Gasteiger charge is 2.42. The third-order valence-corrected chi connectivity index (χ3v) is 9.96. The van der Waals surface area contributed by atoms with E-state index in [-0.39, 0.29) is 48.9 Å². The third kappa shape index (κ3) is 10.5. The Hall–Kier alpha value is -1.26. The highest BCUT2D eigenvalue weighted by atomic mass is 16.6. The topological polar surface area (TPSA) is 145 Å². The number of carbonyl (C=O) groups is 2. The molecule has 0 amide bonds. The number of carbonyl (C=O) groups excluding carboxylic acids is 2. The predicted molar refractivity (Wildman–Crippen MR) is 152 cm³/mol. The van der Waals surface area contributed by atoms with Gasteiger partial charge in [-0.1, -0.05) is 25.7 Å². The summed E-state index contributed by atoms with van der Waals surface area (Å²) in [5.74, 6) is 1.15. The Labute approximate surface area is 241 Å². The molecule has 2 saturated carbocycles. The van der Waals surface area contributed by atoms with Gasteiger partial charge >= 0.3 is 11.9 Å². The lowest BCUT2D eigenvalue weighted by Crippen LogP contribution is -2.94. The Morgan fingerprint density at radius 1 is 0.975 bits per heavy atom. The zero-order valence-electron chi connectivity index (χ0n) is 25.2. The lowest BCUT2D eigenvalue weighted by Gasteiger charge is -2.44. The lowest BCUT2D eigenvalue weighted by atomic mass is 9.66. The molecule has 10 unspecified atom stereocenters. The Bertz CT molecular complexity index is 768. The summed E-state index contributed by atoms with van der Waals surface area (Å²) in [6.45, 7) is 4.09. The van der Waals surface area contributed by atoms with E-state index in [4.69, 9.17) is 19.9 Å². The molecule has 10 atom stereocenters. The van der Waals surface area contributed by atoms with Crippen LogP contribution in [0.5, 0.6) is 0 Å². The fraction of sp³-hybridized carbons (Fsp3) is 0.935. The van der Waals surface area contributed by atoms with Gasteiger partial charge in [-0.3, -0.25) is 15.3 Å². The van der Waals surface area contributed by atoms with E-state index < -0.39 is 6.10 Å². The van der Waals surface area contributed by atoms with Gasteiger partial charge in [0.1, 0.15) is 18.4 Å². The highest BCUT2D eigenvalue weighted by Crippen LogP contribution is 2.43. The van der Waals surface area contributed by atoms with Gasteiger partial charge in [0, 0.05) is 40.4 Å². The van der Waals surface area contributed by atoms with E-state index in [1.807, 2.05) is 0 Å². The molecule has 232 valence electrons. The summed E-state index contributed by atoms with van der Waals surface area (Å²) >= 11 is 0. The van der Waals surface area contributed by atoms with Gasteiger partial charge in [-0.2, -0.15) is 0 Å². The smallest absolute Gasteiger partial charge is 0.302 e. The number of hydrogen-bond acceptors (Lipinski definition) is 8. The second-order valence-electron chi connectivity index (χ2n) is 12.9. The number of quaternary nitrogens is 1. The number of esters is 2. The summed E-state index contributed by atoms with van der Waals surface area (Å²) in [4.78, 5) is 24.4. The quantitative estimate of drug-likeness (QED) is 0.263. The molecule has 0 spiro atoms. The first-order chi connectivity index (χ1) is 19.2. The second kappa shape index (κ2) is 17.0. The van der Waals surface area contributed by atoms with Gasteiger partial charge in [-0.15, -0.1) is 0 Å². The summed E-state index contributed by atoms with van der Waals surface area (Å²) in [5, 5.41) is 22.6. The van der Waals surface area contributed by atoms with Gasteiger partial charge in [0.25, 0.3) is 0 Å². The monoisotopic (exact) mass is 569 g/mol. The Balaban J connectivity index is 1.73. The molecule has 9 nitrogen and oxygen atoms in total. The highest BCUT2D eigenvalue weighted by molar-refractivity contribution is 5.66. The molecule has 1 heterocycles. The second-order valence-corrected chi connectivity index (χ2v) is 12.9. The molecule has 0 aromatic rings. The Morgan fingerprint density at radius 3 is 2.40 bits per heavy atom. The molecule has 3 fully saturated rings. The Morgan fingerprint density at radius 2 is 1.73 bits per heavy atom. The summed E-state index contributed by atoms with van der Waals surface area (Å²) in [6, 6.07) is 0. The van der Waals surface area contributed by atoms with Crippen molar-refractivity contribution in [3.63, 3.8) is 0 Å². The summed E-state index contributed by atoms with van der Waals surface area (Å²) in [5.41, 5.74) is 6.30. The Kier molecular flexibility index (Phi) is 14.1. The summed E-state index contributed by atoms with van der Waals surface area (Å²) in [7, 11) is 1.67. The molecule has 9 heteroatoms. The molecule has 0 radical (unpaired) electrons. The largest absolute Gasteiger partial charge is 0.462 e. The number of rotatable bonds is 12. The van der Waals surface area contributed by atoms with Gasteiger partial charge in [-0.05, 0) is 81.0 Å². The van der Waals surface area contributed by atoms with Gasteiger partial charge in [0.2, 0.25) is 0 Å². The SMILES string of the molecule is COC1CC(CCC(CC(OC(C)=O)C2CCCCCC(CCO)C2)OC(C)=O)C(C2CC[NH2+]C(N)C2)CC1O.